The van der Waals surface area contributed by atoms with Crippen LogP contribution in [-0.4, -0.2) is 37.5 Å². The molecular weight excluding hydrogens is 295 g/mol. The molecule has 0 aliphatic carbocycles. The minimum atomic E-state index is -3.67. The van der Waals surface area contributed by atoms with E-state index in [0.717, 1.165) is 31.4 Å². The highest BCUT2D eigenvalue weighted by Crippen LogP contribution is 2.20. The number of hydrogen-bond acceptors (Lipinski definition) is 3. The lowest BCUT2D eigenvalue weighted by Gasteiger charge is -2.26. The number of aliphatic hydroxyl groups is 1. The molecule has 2 rings (SSSR count). The fourth-order valence-electron chi connectivity index (χ4n) is 2.15. The van der Waals surface area contributed by atoms with Gasteiger partial charge in [-0.15, -0.1) is 0 Å². The Morgan fingerprint density at radius 1 is 1.29 bits per heavy atom. The maximum Gasteiger partial charge on any atom is 0.301 e. The molecule has 1 aromatic carbocycles. The predicted molar refractivity (Wildman–Crippen MR) is 78.3 cm³/mol. The summed E-state index contributed by atoms with van der Waals surface area (Å²) in [7, 11) is -3.67. The van der Waals surface area contributed by atoms with E-state index in [1.165, 1.54) is 10.4 Å². The van der Waals surface area contributed by atoms with Crippen LogP contribution < -0.4 is 4.72 Å². The molecule has 2 N–H and O–H groups in total. The molecule has 1 heterocycles. The molecule has 1 aliphatic rings. The highest BCUT2D eigenvalue weighted by atomic mass is 32.2. The highest BCUT2D eigenvalue weighted by molar-refractivity contribution is 7.90. The molecule has 5 nitrogen and oxygen atoms in total. The van der Waals surface area contributed by atoms with E-state index in [9.17, 15) is 12.8 Å². The Morgan fingerprint density at radius 2 is 2.00 bits per heavy atom. The van der Waals surface area contributed by atoms with Crippen molar-refractivity contribution in [3.05, 3.63) is 29.6 Å². The summed E-state index contributed by atoms with van der Waals surface area (Å²) in [6.45, 7) is 0.581. The number of benzene rings is 1. The second-order valence-corrected chi connectivity index (χ2v) is 6.39. The van der Waals surface area contributed by atoms with Crippen molar-refractivity contribution >= 4 is 15.9 Å². The molecule has 1 aliphatic heterocycles. The summed E-state index contributed by atoms with van der Waals surface area (Å²) in [6.07, 6.45) is 2.69. The first-order valence-corrected chi connectivity index (χ1v) is 8.14. The van der Waals surface area contributed by atoms with Crippen molar-refractivity contribution in [2.24, 2.45) is 0 Å². The van der Waals surface area contributed by atoms with Crippen LogP contribution >= 0.6 is 0 Å². The molecule has 21 heavy (non-hydrogen) atoms. The van der Waals surface area contributed by atoms with Crippen LogP contribution in [0.4, 0.5) is 10.1 Å². The minimum Gasteiger partial charge on any atom is -0.384 e. The van der Waals surface area contributed by atoms with Gasteiger partial charge in [-0.3, -0.25) is 4.72 Å². The first-order valence-electron chi connectivity index (χ1n) is 6.70. The molecule has 0 unspecified atom stereocenters. The lowest BCUT2D eigenvalue weighted by molar-refractivity contribution is 0.349. The first-order chi connectivity index (χ1) is 10.0. The van der Waals surface area contributed by atoms with Crippen LogP contribution in [0.2, 0.25) is 0 Å². The van der Waals surface area contributed by atoms with Gasteiger partial charge < -0.3 is 5.11 Å². The van der Waals surface area contributed by atoms with Crippen LogP contribution in [0.3, 0.4) is 0 Å². The fourth-order valence-corrected chi connectivity index (χ4v) is 3.48. The van der Waals surface area contributed by atoms with Gasteiger partial charge in [0.2, 0.25) is 0 Å². The lowest BCUT2D eigenvalue weighted by Crippen LogP contribution is -2.39. The largest absolute Gasteiger partial charge is 0.384 e. The van der Waals surface area contributed by atoms with Crippen molar-refractivity contribution in [2.45, 2.75) is 19.3 Å². The van der Waals surface area contributed by atoms with Gasteiger partial charge in [0.1, 0.15) is 12.4 Å². The third-order valence-electron chi connectivity index (χ3n) is 3.18. The number of nitrogens with zero attached hydrogens (tertiary/aromatic N) is 1. The Balaban J connectivity index is 2.25. The van der Waals surface area contributed by atoms with Crippen molar-refractivity contribution in [1.29, 1.82) is 0 Å². The van der Waals surface area contributed by atoms with Crippen molar-refractivity contribution in [3.63, 3.8) is 0 Å². The number of piperidine rings is 1. The second-order valence-electron chi connectivity index (χ2n) is 4.72. The molecule has 0 aromatic heterocycles. The number of halogens is 1. The Kier molecular flexibility index (Phi) is 5.17. The van der Waals surface area contributed by atoms with Crippen molar-refractivity contribution in [3.8, 4) is 11.8 Å². The second kappa shape index (κ2) is 6.89. The number of rotatable bonds is 3. The Bertz CT molecular complexity index is 659. The zero-order valence-corrected chi connectivity index (χ0v) is 12.3. The van der Waals surface area contributed by atoms with E-state index in [2.05, 4.69) is 16.6 Å². The molecule has 0 amide bonds. The number of anilines is 1. The van der Waals surface area contributed by atoms with Crippen molar-refractivity contribution < 1.29 is 17.9 Å². The smallest absolute Gasteiger partial charge is 0.301 e. The molecular formula is C14H17FN2O3S. The lowest BCUT2D eigenvalue weighted by atomic mass is 10.2. The normalized spacial score (nSPS) is 16.1. The molecule has 0 radical (unpaired) electrons. The zero-order chi connectivity index (χ0) is 15.3. The van der Waals surface area contributed by atoms with Crippen LogP contribution in [-0.2, 0) is 10.2 Å². The minimum absolute atomic E-state index is 0.199. The van der Waals surface area contributed by atoms with Crippen LogP contribution in [0.15, 0.2) is 18.2 Å². The number of hydrogen-bond donors (Lipinski definition) is 2. The molecule has 0 spiro atoms. The highest BCUT2D eigenvalue weighted by Gasteiger charge is 2.24. The van der Waals surface area contributed by atoms with E-state index in [4.69, 9.17) is 5.11 Å². The van der Waals surface area contributed by atoms with E-state index in [0.29, 0.717) is 13.1 Å². The third-order valence-corrected chi connectivity index (χ3v) is 4.70. The van der Waals surface area contributed by atoms with Crippen molar-refractivity contribution in [2.75, 3.05) is 24.4 Å². The van der Waals surface area contributed by atoms with Gasteiger partial charge in [0.15, 0.2) is 0 Å². The van der Waals surface area contributed by atoms with E-state index in [1.807, 2.05) is 0 Å². The van der Waals surface area contributed by atoms with Crippen LogP contribution in [0.5, 0.6) is 0 Å². The van der Waals surface area contributed by atoms with E-state index >= 15 is 0 Å². The monoisotopic (exact) mass is 312 g/mol. The van der Waals surface area contributed by atoms with E-state index < -0.39 is 16.0 Å². The molecule has 1 aromatic rings. The topological polar surface area (TPSA) is 69.6 Å². The summed E-state index contributed by atoms with van der Waals surface area (Å²) < 4.78 is 41.6. The molecule has 114 valence electrons. The Hall–Kier alpha value is -1.62. The van der Waals surface area contributed by atoms with Gasteiger partial charge in [0.25, 0.3) is 0 Å². The number of nitrogens with one attached hydrogen (secondary N) is 1. The predicted octanol–water partition coefficient (Wildman–Crippen LogP) is 1.31. The summed E-state index contributed by atoms with van der Waals surface area (Å²) in [5, 5.41) is 8.71. The van der Waals surface area contributed by atoms with Crippen LogP contribution in [0.25, 0.3) is 0 Å². The quantitative estimate of drug-likeness (QED) is 0.827. The summed E-state index contributed by atoms with van der Waals surface area (Å²) in [6, 6.07) is 3.63. The molecule has 1 saturated heterocycles. The van der Waals surface area contributed by atoms with Crippen molar-refractivity contribution in [1.82, 2.24) is 4.31 Å². The van der Waals surface area contributed by atoms with Gasteiger partial charge in [-0.25, -0.2) is 4.39 Å². The molecule has 7 heteroatoms. The average Bonchev–Trinajstić information content (AvgIpc) is 2.48. The molecule has 0 atom stereocenters. The summed E-state index contributed by atoms with van der Waals surface area (Å²) in [4.78, 5) is 0. The van der Waals surface area contributed by atoms with E-state index in [-0.39, 0.29) is 17.9 Å². The summed E-state index contributed by atoms with van der Waals surface area (Å²) >= 11 is 0. The fraction of sp³-hybridized carbons (Fsp3) is 0.429. The SMILES string of the molecule is O=S(=O)(Nc1ccc(F)cc1C#CCO)N1CCCCC1. The van der Waals surface area contributed by atoms with Gasteiger partial charge in [-0.2, -0.15) is 12.7 Å². The average molecular weight is 312 g/mol. The van der Waals surface area contributed by atoms with E-state index in [1.54, 1.807) is 0 Å². The maximum absolute atomic E-state index is 13.2. The standard InChI is InChI=1S/C14H17FN2O3S/c15-13-6-7-14(12(11-13)5-4-10-18)16-21(19,20)17-8-2-1-3-9-17/h6-7,11,16,18H,1-3,8-10H2. The summed E-state index contributed by atoms with van der Waals surface area (Å²) in [5.41, 5.74) is 0.410. The Morgan fingerprint density at radius 3 is 2.67 bits per heavy atom. The molecule has 1 fully saturated rings. The van der Waals surface area contributed by atoms with Gasteiger partial charge in [0, 0.05) is 13.1 Å². The zero-order valence-electron chi connectivity index (χ0n) is 11.5. The van der Waals surface area contributed by atoms with Gasteiger partial charge >= 0.3 is 10.2 Å². The molecule has 0 saturated carbocycles. The van der Waals surface area contributed by atoms with Crippen LogP contribution in [0.1, 0.15) is 24.8 Å². The third kappa shape index (κ3) is 4.17. The van der Waals surface area contributed by atoms with Crippen LogP contribution in [0, 0.1) is 17.7 Å². The number of aliphatic hydroxyl groups excluding tert-OH is 1. The summed E-state index contributed by atoms with van der Waals surface area (Å²) in [5.74, 6) is 4.42. The first kappa shape index (κ1) is 15.8. The molecule has 0 bridgehead atoms. The van der Waals surface area contributed by atoms with Gasteiger partial charge in [0.05, 0.1) is 11.3 Å². The Labute approximate surface area is 124 Å². The van der Waals surface area contributed by atoms with Gasteiger partial charge in [-0.05, 0) is 31.0 Å². The maximum atomic E-state index is 13.2. The van der Waals surface area contributed by atoms with Gasteiger partial charge in [-0.1, -0.05) is 18.3 Å².